The zero-order valence-electron chi connectivity index (χ0n) is 18.1. The molecule has 160 valence electrons. The van der Waals surface area contributed by atoms with E-state index in [9.17, 15) is 9.59 Å². The number of amides is 2. The average Bonchev–Trinajstić information content (AvgIpc) is 3.28. The summed E-state index contributed by atoms with van der Waals surface area (Å²) in [6.07, 6.45) is 5.37. The van der Waals surface area contributed by atoms with Gasteiger partial charge in [0.25, 0.3) is 0 Å². The van der Waals surface area contributed by atoms with Crippen molar-refractivity contribution in [3.05, 3.63) is 42.5 Å². The van der Waals surface area contributed by atoms with Crippen LogP contribution in [0.1, 0.15) is 40.5 Å². The van der Waals surface area contributed by atoms with Gasteiger partial charge in [-0.3, -0.25) is 9.59 Å². The standard InChI is InChI=1S/C24H31N3O3/c1-22(2)12-15(13-23(3,4)26-22)25-20(28)18-17-10-11-24(30-17)14-27(21(29)19(18)24)16-8-6-5-7-9-16/h5-11,15,17-19,26H,12-14H2,1-4H3,(H,25,28)/t17-,18+,19-,24-/m1/s1. The van der Waals surface area contributed by atoms with Crippen molar-refractivity contribution in [2.75, 3.05) is 11.4 Å². The molecule has 2 N–H and O–H groups in total. The Morgan fingerprint density at radius 2 is 1.80 bits per heavy atom. The van der Waals surface area contributed by atoms with Gasteiger partial charge in [0, 0.05) is 22.8 Å². The van der Waals surface area contributed by atoms with E-state index in [0.29, 0.717) is 6.54 Å². The maximum Gasteiger partial charge on any atom is 0.234 e. The lowest BCUT2D eigenvalue weighted by Gasteiger charge is -2.47. The number of carbonyl (C=O) groups is 2. The van der Waals surface area contributed by atoms with Gasteiger partial charge in [0.15, 0.2) is 0 Å². The fraction of sp³-hybridized carbons (Fsp3) is 0.583. The lowest BCUT2D eigenvalue weighted by molar-refractivity contribution is -0.132. The summed E-state index contributed by atoms with van der Waals surface area (Å²) in [5.74, 6) is -1.01. The Morgan fingerprint density at radius 1 is 1.13 bits per heavy atom. The average molecular weight is 410 g/mol. The third-order valence-corrected chi connectivity index (χ3v) is 7.01. The fourth-order valence-electron chi connectivity index (χ4n) is 6.35. The highest BCUT2D eigenvalue weighted by Crippen LogP contribution is 2.52. The molecule has 4 heterocycles. The van der Waals surface area contributed by atoms with E-state index in [2.05, 4.69) is 38.3 Å². The molecule has 0 radical (unpaired) electrons. The number of anilines is 1. The Morgan fingerprint density at radius 3 is 2.47 bits per heavy atom. The summed E-state index contributed by atoms with van der Waals surface area (Å²) in [4.78, 5) is 28.6. The van der Waals surface area contributed by atoms with Crippen LogP contribution in [0.5, 0.6) is 0 Å². The topological polar surface area (TPSA) is 70.7 Å². The number of benzene rings is 1. The highest BCUT2D eigenvalue weighted by atomic mass is 16.5. The molecule has 3 saturated heterocycles. The van der Waals surface area contributed by atoms with Crippen molar-refractivity contribution in [3.63, 3.8) is 0 Å². The van der Waals surface area contributed by atoms with E-state index >= 15 is 0 Å². The van der Waals surface area contributed by atoms with Crippen molar-refractivity contribution < 1.29 is 14.3 Å². The molecule has 2 amide bonds. The Bertz CT molecular complexity index is 894. The first-order valence-corrected chi connectivity index (χ1v) is 10.9. The Labute approximate surface area is 178 Å². The van der Waals surface area contributed by atoms with Gasteiger partial charge in [0.1, 0.15) is 5.60 Å². The number of ether oxygens (including phenoxy) is 1. The van der Waals surface area contributed by atoms with Crippen LogP contribution in [0.15, 0.2) is 42.5 Å². The van der Waals surface area contributed by atoms with Crippen molar-refractivity contribution in [1.82, 2.24) is 10.6 Å². The minimum Gasteiger partial charge on any atom is -0.360 e. The number of hydrogen-bond donors (Lipinski definition) is 2. The molecule has 4 atom stereocenters. The number of piperidine rings is 1. The molecule has 0 unspecified atom stereocenters. The maximum atomic E-state index is 13.4. The lowest BCUT2D eigenvalue weighted by atomic mass is 9.75. The molecule has 4 aliphatic rings. The van der Waals surface area contributed by atoms with Gasteiger partial charge in [-0.1, -0.05) is 30.4 Å². The SMILES string of the molecule is CC1(C)CC(NC(=O)[C@H]2[C@H]3C=C[C@]4(CN(c5ccccc5)C(=O)[C@@H]24)O3)CC(C)(C)N1. The van der Waals surface area contributed by atoms with Crippen LogP contribution >= 0.6 is 0 Å². The second-order valence-electron chi connectivity index (χ2n) is 10.7. The zero-order valence-corrected chi connectivity index (χ0v) is 18.1. The number of nitrogens with one attached hydrogen (secondary N) is 2. The fourth-order valence-corrected chi connectivity index (χ4v) is 6.35. The third-order valence-electron chi connectivity index (χ3n) is 7.01. The highest BCUT2D eigenvalue weighted by Gasteiger charge is 2.67. The van der Waals surface area contributed by atoms with E-state index in [1.54, 1.807) is 4.90 Å². The van der Waals surface area contributed by atoms with Crippen molar-refractivity contribution in [3.8, 4) is 0 Å². The van der Waals surface area contributed by atoms with Gasteiger partial charge in [0.05, 0.1) is 24.5 Å². The van der Waals surface area contributed by atoms with Crippen molar-refractivity contribution in [1.29, 1.82) is 0 Å². The first-order valence-electron chi connectivity index (χ1n) is 10.9. The van der Waals surface area contributed by atoms with Gasteiger partial charge in [-0.2, -0.15) is 0 Å². The maximum absolute atomic E-state index is 13.4. The van der Waals surface area contributed by atoms with Crippen LogP contribution in [0, 0.1) is 11.8 Å². The molecule has 1 aromatic carbocycles. The number of para-hydroxylation sites is 1. The van der Waals surface area contributed by atoms with Gasteiger partial charge in [-0.15, -0.1) is 0 Å². The van der Waals surface area contributed by atoms with Crippen LogP contribution in [0.4, 0.5) is 5.69 Å². The summed E-state index contributed by atoms with van der Waals surface area (Å²) in [5, 5.41) is 6.93. The minimum absolute atomic E-state index is 0.0147. The Hall–Kier alpha value is -2.18. The normalized spacial score (nSPS) is 36.2. The molecule has 30 heavy (non-hydrogen) atoms. The molecule has 6 nitrogen and oxygen atoms in total. The molecule has 1 aromatic rings. The smallest absolute Gasteiger partial charge is 0.234 e. The van der Waals surface area contributed by atoms with Crippen molar-refractivity contribution in [2.24, 2.45) is 11.8 Å². The van der Waals surface area contributed by atoms with Crippen LogP contribution in [-0.2, 0) is 14.3 Å². The molecule has 2 bridgehead atoms. The van der Waals surface area contributed by atoms with Crippen LogP contribution in [-0.4, -0.2) is 47.2 Å². The second kappa shape index (κ2) is 6.41. The van der Waals surface area contributed by atoms with E-state index in [0.717, 1.165) is 18.5 Å². The van der Waals surface area contributed by atoms with Gasteiger partial charge in [-0.05, 0) is 52.7 Å². The minimum atomic E-state index is -0.688. The van der Waals surface area contributed by atoms with Crippen molar-refractivity contribution in [2.45, 2.75) is 69.4 Å². The van der Waals surface area contributed by atoms with Gasteiger partial charge >= 0.3 is 0 Å². The van der Waals surface area contributed by atoms with Crippen LogP contribution in [0.3, 0.4) is 0 Å². The molecule has 0 aliphatic carbocycles. The predicted molar refractivity (Wildman–Crippen MR) is 115 cm³/mol. The van der Waals surface area contributed by atoms with Crippen molar-refractivity contribution >= 4 is 17.5 Å². The summed E-state index contributed by atoms with van der Waals surface area (Å²) >= 11 is 0. The molecule has 6 heteroatoms. The first kappa shape index (κ1) is 19.8. The molecule has 0 aromatic heterocycles. The van der Waals surface area contributed by atoms with Crippen LogP contribution in [0.2, 0.25) is 0 Å². The van der Waals surface area contributed by atoms with Gasteiger partial charge < -0.3 is 20.3 Å². The van der Waals surface area contributed by atoms with Gasteiger partial charge in [0.2, 0.25) is 11.8 Å². The van der Waals surface area contributed by atoms with E-state index in [-0.39, 0.29) is 35.0 Å². The summed E-state index contributed by atoms with van der Waals surface area (Å²) in [6, 6.07) is 9.72. The highest BCUT2D eigenvalue weighted by molar-refractivity contribution is 6.03. The second-order valence-corrected chi connectivity index (χ2v) is 10.7. The van der Waals surface area contributed by atoms with E-state index in [4.69, 9.17) is 4.74 Å². The molecular formula is C24H31N3O3. The first-order chi connectivity index (χ1) is 14.1. The summed E-state index contributed by atoms with van der Waals surface area (Å²) in [5.41, 5.74) is 0.0536. The number of carbonyl (C=O) groups excluding carboxylic acids is 2. The summed E-state index contributed by atoms with van der Waals surface area (Å²) in [6.45, 7) is 9.14. The molecule has 4 aliphatic heterocycles. The van der Waals surface area contributed by atoms with Crippen LogP contribution in [0.25, 0.3) is 0 Å². The lowest BCUT2D eigenvalue weighted by Crippen LogP contribution is -2.62. The molecule has 0 saturated carbocycles. The number of fused-ring (bicyclic) bond motifs is 1. The summed E-state index contributed by atoms with van der Waals surface area (Å²) in [7, 11) is 0. The van der Waals surface area contributed by atoms with E-state index in [1.807, 2.05) is 42.5 Å². The van der Waals surface area contributed by atoms with E-state index in [1.165, 1.54) is 0 Å². The third kappa shape index (κ3) is 3.08. The number of hydrogen-bond acceptors (Lipinski definition) is 4. The van der Waals surface area contributed by atoms with Gasteiger partial charge in [-0.25, -0.2) is 0 Å². The monoisotopic (exact) mass is 409 g/mol. The number of nitrogens with zero attached hydrogens (tertiary/aromatic N) is 1. The van der Waals surface area contributed by atoms with Crippen LogP contribution < -0.4 is 15.5 Å². The Kier molecular flexibility index (Phi) is 4.22. The van der Waals surface area contributed by atoms with E-state index < -0.39 is 17.4 Å². The largest absolute Gasteiger partial charge is 0.360 e. The molecular weight excluding hydrogens is 378 g/mol. The molecule has 1 spiro atoms. The predicted octanol–water partition coefficient (Wildman–Crippen LogP) is 2.40. The summed E-state index contributed by atoms with van der Waals surface area (Å²) < 4.78 is 6.26. The molecule has 3 fully saturated rings. The molecule has 5 rings (SSSR count). The quantitative estimate of drug-likeness (QED) is 0.752. The number of rotatable bonds is 3. The Balaban J connectivity index is 1.37. The zero-order chi connectivity index (χ0) is 21.3.